The molecule has 1 unspecified atom stereocenters. The van der Waals surface area contributed by atoms with E-state index in [1.165, 1.54) is 21.1 Å². The number of ether oxygens (including phenoxy) is 5. The van der Waals surface area contributed by atoms with E-state index in [0.29, 0.717) is 30.0 Å². The maximum atomic E-state index is 12.2. The molecule has 10 nitrogen and oxygen atoms in total. The highest BCUT2D eigenvalue weighted by Crippen LogP contribution is 2.28. The van der Waals surface area contributed by atoms with Gasteiger partial charge >= 0.3 is 18.2 Å². The number of hydrogen-bond acceptors (Lipinski definition) is 9. The maximum absolute atomic E-state index is 12.2. The van der Waals surface area contributed by atoms with E-state index in [1.807, 2.05) is 6.92 Å². The summed E-state index contributed by atoms with van der Waals surface area (Å²) in [5.41, 5.74) is 1.17. The smallest absolute Gasteiger partial charge is 0.494 e. The molecule has 1 amide bonds. The summed E-state index contributed by atoms with van der Waals surface area (Å²) < 4.78 is 23.6. The molecule has 0 saturated carbocycles. The second-order valence-electron chi connectivity index (χ2n) is 5.69. The number of quaternary nitrogens is 1. The van der Waals surface area contributed by atoms with E-state index in [-0.39, 0.29) is 25.7 Å². The van der Waals surface area contributed by atoms with Crippen molar-refractivity contribution in [3.63, 3.8) is 0 Å². The number of methoxy groups -OCH3 is 2. The first kappa shape index (κ1) is 23.2. The molecule has 0 saturated heterocycles. The van der Waals surface area contributed by atoms with Crippen LogP contribution in [0.15, 0.2) is 18.2 Å². The van der Waals surface area contributed by atoms with Crippen LogP contribution < -0.4 is 15.2 Å². The predicted molar refractivity (Wildman–Crippen MR) is 99.6 cm³/mol. The fourth-order valence-electron chi connectivity index (χ4n) is 2.41. The fraction of sp³-hybridized carbons (Fsp3) is 0.500. The molecule has 0 fully saturated rings. The molecule has 2 N–H and O–H groups in total. The highest BCUT2D eigenvalue weighted by atomic mass is 16.7. The van der Waals surface area contributed by atoms with Crippen molar-refractivity contribution in [3.8, 4) is 5.75 Å². The SMILES string of the molecule is CCOc1ccc([N+](N)(CCOC(=O)OC)C(C)=O)cc1CCOC(=O)OC. The Morgan fingerprint density at radius 2 is 1.64 bits per heavy atom. The largest absolute Gasteiger partial charge is 0.508 e. The van der Waals surface area contributed by atoms with Crippen LogP contribution >= 0.6 is 0 Å². The third-order valence-corrected chi connectivity index (χ3v) is 3.96. The van der Waals surface area contributed by atoms with Crippen molar-refractivity contribution in [2.24, 2.45) is 5.84 Å². The molecule has 28 heavy (non-hydrogen) atoms. The highest BCUT2D eigenvalue weighted by Gasteiger charge is 2.34. The van der Waals surface area contributed by atoms with Gasteiger partial charge in [0.15, 0.2) is 5.69 Å². The number of nitrogens with two attached hydrogens (primary N) is 1. The van der Waals surface area contributed by atoms with Crippen molar-refractivity contribution < 1.29 is 38.1 Å². The average Bonchev–Trinajstić information content (AvgIpc) is 2.68. The van der Waals surface area contributed by atoms with Crippen LogP contribution in [0, 0.1) is 0 Å². The quantitative estimate of drug-likeness (QED) is 0.218. The Balaban J connectivity index is 3.06. The van der Waals surface area contributed by atoms with Crippen LogP contribution in [0.1, 0.15) is 19.4 Å². The lowest BCUT2D eigenvalue weighted by atomic mass is 10.1. The molecule has 0 aliphatic carbocycles. The average molecular weight is 399 g/mol. The molecular weight excluding hydrogens is 372 g/mol. The predicted octanol–water partition coefficient (Wildman–Crippen LogP) is 1.92. The van der Waals surface area contributed by atoms with Gasteiger partial charge in [-0.25, -0.2) is 14.4 Å². The van der Waals surface area contributed by atoms with Crippen molar-refractivity contribution in [1.29, 1.82) is 0 Å². The maximum Gasteiger partial charge on any atom is 0.508 e. The van der Waals surface area contributed by atoms with Gasteiger partial charge in [-0.3, -0.25) is 0 Å². The number of nitrogens with zero attached hydrogens (tertiary/aromatic N) is 1. The summed E-state index contributed by atoms with van der Waals surface area (Å²) in [6, 6.07) is 5.05. The van der Waals surface area contributed by atoms with E-state index in [0.717, 1.165) is 0 Å². The van der Waals surface area contributed by atoms with Gasteiger partial charge in [0.2, 0.25) is 0 Å². The fourth-order valence-corrected chi connectivity index (χ4v) is 2.41. The molecule has 10 heteroatoms. The van der Waals surface area contributed by atoms with Gasteiger partial charge in [-0.1, -0.05) is 0 Å². The third-order valence-electron chi connectivity index (χ3n) is 3.96. The second-order valence-corrected chi connectivity index (χ2v) is 5.69. The van der Waals surface area contributed by atoms with Gasteiger partial charge < -0.3 is 23.7 Å². The van der Waals surface area contributed by atoms with Gasteiger partial charge in [0.25, 0.3) is 0 Å². The van der Waals surface area contributed by atoms with Gasteiger partial charge in [0.1, 0.15) is 18.9 Å². The molecule has 0 radical (unpaired) electrons. The number of carbonyl (C=O) groups is 3. The van der Waals surface area contributed by atoms with E-state index in [9.17, 15) is 14.4 Å². The topological polar surface area (TPSA) is 123 Å². The molecular formula is C18H27N2O8+. The van der Waals surface area contributed by atoms with Crippen LogP contribution in [0.4, 0.5) is 15.3 Å². The van der Waals surface area contributed by atoms with Gasteiger partial charge in [-0.2, -0.15) is 10.4 Å². The molecule has 0 bridgehead atoms. The number of rotatable bonds is 9. The van der Waals surface area contributed by atoms with Crippen LogP contribution in [-0.2, 0) is 30.2 Å². The first-order valence-electron chi connectivity index (χ1n) is 8.64. The standard InChI is InChI=1S/C18H27N2O8/c1-5-26-16-7-6-15(12-14(16)8-10-27-17(22)24-3)20(19,13(2)21)9-11-28-18(23)25-4/h6-7,12H,5,8-11,19H2,1-4H3/q+1. The lowest BCUT2D eigenvalue weighted by Crippen LogP contribution is -2.61. The first-order chi connectivity index (χ1) is 13.3. The summed E-state index contributed by atoms with van der Waals surface area (Å²) in [7, 11) is 2.41. The van der Waals surface area contributed by atoms with E-state index >= 15 is 0 Å². The number of carbonyl (C=O) groups excluding carboxylic acids is 3. The number of benzene rings is 1. The molecule has 0 heterocycles. The molecule has 156 valence electrons. The zero-order valence-electron chi connectivity index (χ0n) is 16.6. The van der Waals surface area contributed by atoms with Crippen molar-refractivity contribution in [2.75, 3.05) is 40.6 Å². The molecule has 1 rings (SSSR count). The van der Waals surface area contributed by atoms with Gasteiger partial charge in [0, 0.05) is 24.1 Å². The van der Waals surface area contributed by atoms with Crippen molar-refractivity contribution >= 4 is 23.9 Å². The minimum Gasteiger partial charge on any atom is -0.494 e. The summed E-state index contributed by atoms with van der Waals surface area (Å²) in [4.78, 5) is 34.5. The zero-order chi connectivity index (χ0) is 21.2. The molecule has 0 spiro atoms. The minimum absolute atomic E-state index is 0.0104. The third kappa shape index (κ3) is 6.39. The molecule has 0 aliphatic rings. The molecule has 1 aromatic carbocycles. The molecule has 0 aliphatic heterocycles. The van der Waals surface area contributed by atoms with Crippen LogP contribution in [0.25, 0.3) is 0 Å². The van der Waals surface area contributed by atoms with Crippen LogP contribution in [0.2, 0.25) is 0 Å². The van der Waals surface area contributed by atoms with Gasteiger partial charge in [0.05, 0.1) is 34.4 Å². The summed E-state index contributed by atoms with van der Waals surface area (Å²) in [6.45, 7) is 3.58. The van der Waals surface area contributed by atoms with E-state index in [1.54, 1.807) is 18.2 Å². The summed E-state index contributed by atoms with van der Waals surface area (Å²) in [5.74, 6) is 6.52. The van der Waals surface area contributed by atoms with E-state index in [4.69, 9.17) is 20.1 Å². The van der Waals surface area contributed by atoms with Crippen molar-refractivity contribution in [1.82, 2.24) is 4.59 Å². The Bertz CT molecular complexity index is 694. The Morgan fingerprint density at radius 3 is 2.18 bits per heavy atom. The second kappa shape index (κ2) is 11.1. The van der Waals surface area contributed by atoms with Gasteiger partial charge in [-0.05, 0) is 13.0 Å². The summed E-state index contributed by atoms with van der Waals surface area (Å²) in [6.07, 6.45) is -1.32. The Morgan fingerprint density at radius 1 is 1.04 bits per heavy atom. The van der Waals surface area contributed by atoms with Crippen molar-refractivity contribution in [2.45, 2.75) is 20.3 Å². The van der Waals surface area contributed by atoms with Crippen LogP contribution in [0.3, 0.4) is 0 Å². The Hall–Kier alpha value is -2.85. The highest BCUT2D eigenvalue weighted by molar-refractivity contribution is 5.85. The number of hydrogen-bond donors (Lipinski definition) is 1. The number of amides is 1. The monoisotopic (exact) mass is 399 g/mol. The zero-order valence-corrected chi connectivity index (χ0v) is 16.6. The summed E-state index contributed by atoms with van der Waals surface area (Å²) >= 11 is 0. The molecule has 1 aromatic rings. The van der Waals surface area contributed by atoms with E-state index < -0.39 is 16.9 Å². The minimum atomic E-state index is -0.859. The van der Waals surface area contributed by atoms with Gasteiger partial charge in [-0.15, -0.1) is 0 Å². The van der Waals surface area contributed by atoms with Crippen molar-refractivity contribution in [3.05, 3.63) is 23.8 Å². The summed E-state index contributed by atoms with van der Waals surface area (Å²) in [5, 5.41) is 0. The normalized spacial score (nSPS) is 12.5. The van der Waals surface area contributed by atoms with E-state index in [2.05, 4.69) is 9.47 Å². The van der Waals surface area contributed by atoms with Crippen LogP contribution in [-0.4, -0.2) is 58.8 Å². The lowest BCUT2D eigenvalue weighted by molar-refractivity contribution is -0.129. The Kier molecular flexibility index (Phi) is 9.19. The molecule has 0 aromatic heterocycles. The first-order valence-corrected chi connectivity index (χ1v) is 8.64. The lowest BCUT2D eigenvalue weighted by Gasteiger charge is -2.28. The Labute approximate surface area is 163 Å². The van der Waals surface area contributed by atoms with Crippen LogP contribution in [0.5, 0.6) is 5.75 Å². The molecule has 1 atom stereocenters.